The zero-order chi connectivity index (χ0) is 17.0. The molecule has 1 heterocycles. The maximum absolute atomic E-state index is 10.8. The van der Waals surface area contributed by atoms with Gasteiger partial charge in [-0.2, -0.15) is 0 Å². The third-order valence-corrected chi connectivity index (χ3v) is 3.25. The average molecular weight is 319 g/mol. The van der Waals surface area contributed by atoms with Gasteiger partial charge < -0.3 is 20.1 Å². The summed E-state index contributed by atoms with van der Waals surface area (Å²) in [6.07, 6.45) is 0.807. The molecule has 1 aliphatic rings. The van der Waals surface area contributed by atoms with Crippen LogP contribution in [0.5, 0.6) is 0 Å². The van der Waals surface area contributed by atoms with Crippen molar-refractivity contribution in [3.8, 4) is 0 Å². The fourth-order valence-electron chi connectivity index (χ4n) is 2.17. The van der Waals surface area contributed by atoms with E-state index < -0.39 is 11.9 Å². The molecule has 0 aromatic heterocycles. The lowest BCUT2D eigenvalue weighted by atomic mass is 10.4. The van der Waals surface area contributed by atoms with Crippen LogP contribution in [0, 0.1) is 0 Å². The Morgan fingerprint density at radius 1 is 0.818 bits per heavy atom. The van der Waals surface area contributed by atoms with Crippen LogP contribution in [0.2, 0.25) is 0 Å². The molecule has 1 fully saturated rings. The molecule has 1 rings (SSSR count). The van der Waals surface area contributed by atoms with E-state index in [4.69, 9.17) is 15.3 Å². The van der Waals surface area contributed by atoms with E-state index in [2.05, 4.69) is 0 Å². The van der Waals surface area contributed by atoms with Crippen LogP contribution in [0.25, 0.3) is 0 Å². The number of carbonyl (C=O) groups excluding carboxylic acids is 1. The number of aliphatic hydroxyl groups is 1. The molecule has 3 N–H and O–H groups in total. The Kier molecular flexibility index (Phi) is 11.2. The summed E-state index contributed by atoms with van der Waals surface area (Å²) in [5, 5.41) is 24.7. The van der Waals surface area contributed by atoms with Gasteiger partial charge in [-0.05, 0) is 0 Å². The second-order valence-electron chi connectivity index (χ2n) is 4.81. The lowest BCUT2D eigenvalue weighted by molar-refractivity contribution is -0.140. The third kappa shape index (κ3) is 9.40. The normalized spacial score (nSPS) is 18.3. The number of aldehydes is 1. The number of carbonyl (C=O) groups is 3. The Balaban J connectivity index is 0.00000211. The van der Waals surface area contributed by atoms with Crippen molar-refractivity contribution in [3.63, 3.8) is 0 Å². The van der Waals surface area contributed by atoms with Crippen molar-refractivity contribution in [2.45, 2.75) is 0 Å². The van der Waals surface area contributed by atoms with Crippen LogP contribution < -0.4 is 0 Å². The molecular formula is C13H25N3O6. The molecule has 0 saturated carbocycles. The first-order valence-corrected chi connectivity index (χ1v) is 7.00. The number of hydrogen-bond donors (Lipinski definition) is 3. The van der Waals surface area contributed by atoms with Crippen LogP contribution in [0.1, 0.15) is 0 Å². The van der Waals surface area contributed by atoms with Crippen LogP contribution in [0.15, 0.2) is 0 Å². The van der Waals surface area contributed by atoms with Gasteiger partial charge in [0.05, 0.1) is 19.6 Å². The molecule has 9 nitrogen and oxygen atoms in total. The lowest BCUT2D eigenvalue weighted by Gasteiger charge is -2.23. The van der Waals surface area contributed by atoms with Gasteiger partial charge in [0.1, 0.15) is 6.29 Å². The predicted octanol–water partition coefficient (Wildman–Crippen LogP) is -2.12. The minimum atomic E-state index is -0.907. The summed E-state index contributed by atoms with van der Waals surface area (Å²) < 4.78 is 0. The molecule has 1 saturated heterocycles. The summed E-state index contributed by atoms with van der Waals surface area (Å²) in [5.41, 5.74) is 0. The standard InChI is InChI=1S/C12H21N3O5.CH4O/c16-8-7-13-1-3-14(9-11(17)18)5-6-15(4-2-13)10-12(19)20;1-2/h8H,1-7,9-10H2,(H,17,18)(H,19,20);2H,1H3. The predicted molar refractivity (Wildman–Crippen MR) is 78.8 cm³/mol. The Hall–Kier alpha value is -1.55. The third-order valence-electron chi connectivity index (χ3n) is 3.25. The highest BCUT2D eigenvalue weighted by molar-refractivity contribution is 5.69. The fourth-order valence-corrected chi connectivity index (χ4v) is 2.17. The van der Waals surface area contributed by atoms with E-state index >= 15 is 0 Å². The number of aliphatic hydroxyl groups excluding tert-OH is 1. The Bertz CT molecular complexity index is 325. The first-order valence-electron chi connectivity index (χ1n) is 7.00. The number of hydrogen-bond acceptors (Lipinski definition) is 7. The summed E-state index contributed by atoms with van der Waals surface area (Å²) in [5.74, 6) is -1.81. The maximum Gasteiger partial charge on any atom is 0.317 e. The van der Waals surface area contributed by atoms with Gasteiger partial charge in [-0.15, -0.1) is 0 Å². The molecule has 0 aromatic carbocycles. The van der Waals surface area contributed by atoms with Crippen molar-refractivity contribution in [2.24, 2.45) is 0 Å². The molecule has 128 valence electrons. The first kappa shape index (κ1) is 20.5. The zero-order valence-electron chi connectivity index (χ0n) is 12.8. The number of aliphatic carboxylic acids is 2. The van der Waals surface area contributed by atoms with Gasteiger partial charge >= 0.3 is 11.9 Å². The number of nitrogens with zero attached hydrogens (tertiary/aromatic N) is 3. The summed E-state index contributed by atoms with van der Waals surface area (Å²) >= 11 is 0. The second kappa shape index (κ2) is 12.0. The van der Waals surface area contributed by atoms with Crippen LogP contribution in [-0.4, -0.2) is 114 Å². The van der Waals surface area contributed by atoms with Gasteiger partial charge in [0, 0.05) is 46.4 Å². The zero-order valence-corrected chi connectivity index (χ0v) is 12.8. The number of carboxylic acids is 2. The Labute approximate surface area is 129 Å². The lowest BCUT2D eigenvalue weighted by Crippen LogP contribution is -2.40. The molecule has 0 unspecified atom stereocenters. The molecule has 1 aliphatic heterocycles. The van der Waals surface area contributed by atoms with Crippen molar-refractivity contribution in [1.82, 2.24) is 14.7 Å². The van der Waals surface area contributed by atoms with Gasteiger partial charge in [-0.1, -0.05) is 0 Å². The molecule has 0 bridgehead atoms. The molecule has 0 radical (unpaired) electrons. The highest BCUT2D eigenvalue weighted by Gasteiger charge is 2.18. The van der Waals surface area contributed by atoms with E-state index in [1.54, 1.807) is 9.80 Å². The summed E-state index contributed by atoms with van der Waals surface area (Å²) in [6, 6.07) is 0. The van der Waals surface area contributed by atoms with Crippen molar-refractivity contribution in [3.05, 3.63) is 0 Å². The molecule has 0 atom stereocenters. The largest absolute Gasteiger partial charge is 0.480 e. The van der Waals surface area contributed by atoms with E-state index in [0.717, 1.165) is 13.4 Å². The smallest absolute Gasteiger partial charge is 0.317 e. The van der Waals surface area contributed by atoms with E-state index in [-0.39, 0.29) is 19.6 Å². The first-order chi connectivity index (χ1) is 10.5. The Morgan fingerprint density at radius 2 is 1.14 bits per heavy atom. The van der Waals surface area contributed by atoms with Crippen LogP contribution in [0.4, 0.5) is 0 Å². The van der Waals surface area contributed by atoms with Crippen LogP contribution in [-0.2, 0) is 14.4 Å². The highest BCUT2D eigenvalue weighted by atomic mass is 16.4. The van der Waals surface area contributed by atoms with Crippen LogP contribution >= 0.6 is 0 Å². The average Bonchev–Trinajstić information content (AvgIpc) is 2.54. The van der Waals surface area contributed by atoms with Crippen molar-refractivity contribution < 1.29 is 29.7 Å². The topological polar surface area (TPSA) is 122 Å². The minimum absolute atomic E-state index is 0.0736. The SMILES string of the molecule is CO.O=CCN1CCN(CC(=O)O)CCN(CC(=O)O)CC1. The van der Waals surface area contributed by atoms with E-state index in [1.807, 2.05) is 4.90 Å². The van der Waals surface area contributed by atoms with Gasteiger partial charge in [0.25, 0.3) is 0 Å². The molecule has 0 aliphatic carbocycles. The minimum Gasteiger partial charge on any atom is -0.480 e. The highest BCUT2D eigenvalue weighted by Crippen LogP contribution is 2.00. The van der Waals surface area contributed by atoms with E-state index in [1.165, 1.54) is 0 Å². The van der Waals surface area contributed by atoms with Gasteiger partial charge in [-0.3, -0.25) is 24.3 Å². The van der Waals surface area contributed by atoms with Gasteiger partial charge in [-0.25, -0.2) is 0 Å². The Morgan fingerprint density at radius 3 is 1.41 bits per heavy atom. The van der Waals surface area contributed by atoms with Gasteiger partial charge in [0.2, 0.25) is 0 Å². The second-order valence-corrected chi connectivity index (χ2v) is 4.81. The van der Waals surface area contributed by atoms with Gasteiger partial charge in [0.15, 0.2) is 0 Å². The van der Waals surface area contributed by atoms with Crippen molar-refractivity contribution >= 4 is 18.2 Å². The summed E-state index contributed by atoms with van der Waals surface area (Å²) in [6.45, 7) is 3.47. The van der Waals surface area contributed by atoms with Crippen LogP contribution in [0.3, 0.4) is 0 Å². The molecular weight excluding hydrogens is 294 g/mol. The molecule has 22 heavy (non-hydrogen) atoms. The summed E-state index contributed by atoms with van der Waals surface area (Å²) in [4.78, 5) is 37.6. The fraction of sp³-hybridized carbons (Fsp3) is 0.769. The quantitative estimate of drug-likeness (QED) is 0.472. The summed E-state index contributed by atoms with van der Waals surface area (Å²) in [7, 11) is 1.00. The van der Waals surface area contributed by atoms with E-state index in [9.17, 15) is 14.4 Å². The number of carboxylic acid groups (broad SMARTS) is 2. The maximum atomic E-state index is 10.8. The molecule has 0 spiro atoms. The van der Waals surface area contributed by atoms with Crippen molar-refractivity contribution in [1.29, 1.82) is 0 Å². The number of rotatable bonds is 6. The molecule has 9 heteroatoms. The monoisotopic (exact) mass is 319 g/mol. The van der Waals surface area contributed by atoms with Crippen molar-refractivity contribution in [2.75, 3.05) is 66.0 Å². The molecule has 0 aromatic rings. The van der Waals surface area contributed by atoms with E-state index in [0.29, 0.717) is 39.3 Å². The molecule has 0 amide bonds.